The van der Waals surface area contributed by atoms with Crippen LogP contribution in [0.1, 0.15) is 24.5 Å². The molecule has 0 saturated carbocycles. The van der Waals surface area contributed by atoms with Crippen molar-refractivity contribution in [1.29, 1.82) is 0 Å². The van der Waals surface area contributed by atoms with Gasteiger partial charge >= 0.3 is 0 Å². The topological polar surface area (TPSA) is 45.5 Å². The second-order valence-corrected chi connectivity index (χ2v) is 6.74. The summed E-state index contributed by atoms with van der Waals surface area (Å²) >= 11 is 0. The highest BCUT2D eigenvalue weighted by atomic mass is 16.5. The van der Waals surface area contributed by atoms with Crippen molar-refractivity contribution in [3.05, 3.63) is 72.6 Å². The zero-order valence-electron chi connectivity index (χ0n) is 17.8. The molecule has 30 heavy (non-hydrogen) atoms. The summed E-state index contributed by atoms with van der Waals surface area (Å²) in [6.07, 6.45) is 10.7. The highest BCUT2D eigenvalue weighted by Crippen LogP contribution is 2.37. The lowest BCUT2D eigenvalue weighted by atomic mass is 10.0. The fraction of sp³-hybridized carbons (Fsp3) is 0.240. The van der Waals surface area contributed by atoms with Crippen LogP contribution in [-0.2, 0) is 6.54 Å². The standard InChI is InChI=1S/C25H28N2O3/c1-5-14-27-15-13-26-25(27)24-20(17-22(28-3)18-23(24)29-4)10-7-19-8-11-21(12-9-19)30-16-6-2/h6-13,15,17-18H,2,5,14,16H2,1,3-4H3. The lowest BCUT2D eigenvalue weighted by Crippen LogP contribution is -2.02. The average molecular weight is 405 g/mol. The summed E-state index contributed by atoms with van der Waals surface area (Å²) < 4.78 is 18.9. The van der Waals surface area contributed by atoms with E-state index in [1.807, 2.05) is 48.8 Å². The zero-order chi connectivity index (χ0) is 21.3. The Labute approximate surface area is 178 Å². The van der Waals surface area contributed by atoms with Crippen LogP contribution >= 0.6 is 0 Å². The van der Waals surface area contributed by atoms with Crippen molar-refractivity contribution in [3.8, 4) is 28.6 Å². The van der Waals surface area contributed by atoms with Crippen LogP contribution in [0.4, 0.5) is 0 Å². The Morgan fingerprint density at radius 2 is 1.83 bits per heavy atom. The van der Waals surface area contributed by atoms with Gasteiger partial charge in [-0.3, -0.25) is 0 Å². The molecule has 0 amide bonds. The molecular formula is C25H28N2O3. The van der Waals surface area contributed by atoms with Gasteiger partial charge in [0.05, 0.1) is 19.8 Å². The van der Waals surface area contributed by atoms with Crippen LogP contribution in [0.25, 0.3) is 23.5 Å². The maximum atomic E-state index is 5.70. The third-order valence-electron chi connectivity index (χ3n) is 4.67. The number of hydrogen-bond acceptors (Lipinski definition) is 4. The number of ether oxygens (including phenoxy) is 3. The average Bonchev–Trinajstić information content (AvgIpc) is 3.24. The number of aryl methyl sites for hydroxylation is 1. The number of methoxy groups -OCH3 is 2. The lowest BCUT2D eigenvalue weighted by Gasteiger charge is -2.15. The molecule has 3 aromatic rings. The van der Waals surface area contributed by atoms with Gasteiger partial charge in [0.2, 0.25) is 0 Å². The van der Waals surface area contributed by atoms with Crippen molar-refractivity contribution in [2.75, 3.05) is 20.8 Å². The van der Waals surface area contributed by atoms with Gasteiger partial charge in [-0.25, -0.2) is 4.98 Å². The second-order valence-electron chi connectivity index (χ2n) is 6.74. The summed E-state index contributed by atoms with van der Waals surface area (Å²) in [4.78, 5) is 4.61. The van der Waals surface area contributed by atoms with Gasteiger partial charge in [0.1, 0.15) is 29.7 Å². The summed E-state index contributed by atoms with van der Waals surface area (Å²) in [6, 6.07) is 11.8. The Morgan fingerprint density at radius 3 is 2.50 bits per heavy atom. The van der Waals surface area contributed by atoms with Crippen molar-refractivity contribution >= 4 is 12.2 Å². The van der Waals surface area contributed by atoms with Gasteiger partial charge in [0.15, 0.2) is 0 Å². The molecule has 156 valence electrons. The van der Waals surface area contributed by atoms with Crippen molar-refractivity contribution in [2.24, 2.45) is 0 Å². The SMILES string of the molecule is C=CCOc1ccc(C=Cc2cc(OC)cc(OC)c2-c2nccn2CCC)cc1. The molecule has 0 bridgehead atoms. The van der Waals surface area contributed by atoms with Crippen LogP contribution in [0.5, 0.6) is 17.2 Å². The molecule has 0 saturated heterocycles. The summed E-state index contributed by atoms with van der Waals surface area (Å²) in [5.41, 5.74) is 2.98. The Balaban J connectivity index is 2.01. The van der Waals surface area contributed by atoms with Crippen LogP contribution in [0, 0.1) is 0 Å². The molecule has 5 heteroatoms. The Kier molecular flexibility index (Phi) is 7.33. The first-order valence-electron chi connectivity index (χ1n) is 9.99. The molecule has 0 N–H and O–H groups in total. The fourth-order valence-corrected chi connectivity index (χ4v) is 3.24. The normalized spacial score (nSPS) is 10.9. The number of nitrogens with zero attached hydrogens (tertiary/aromatic N) is 2. The molecule has 5 nitrogen and oxygen atoms in total. The van der Waals surface area contributed by atoms with E-state index in [1.165, 1.54) is 0 Å². The van der Waals surface area contributed by atoms with Gasteiger partial charge < -0.3 is 18.8 Å². The first kappa shape index (κ1) is 21.2. The monoisotopic (exact) mass is 404 g/mol. The molecular weight excluding hydrogens is 376 g/mol. The minimum atomic E-state index is 0.493. The fourth-order valence-electron chi connectivity index (χ4n) is 3.24. The Morgan fingerprint density at radius 1 is 1.03 bits per heavy atom. The van der Waals surface area contributed by atoms with Gasteiger partial charge in [0, 0.05) is 25.0 Å². The maximum Gasteiger partial charge on any atom is 0.144 e. The van der Waals surface area contributed by atoms with Gasteiger partial charge in [-0.1, -0.05) is 43.9 Å². The molecule has 1 aromatic heterocycles. The van der Waals surface area contributed by atoms with Crippen LogP contribution in [0.2, 0.25) is 0 Å². The smallest absolute Gasteiger partial charge is 0.144 e. The van der Waals surface area contributed by atoms with Gasteiger partial charge in [-0.05, 0) is 35.7 Å². The van der Waals surface area contributed by atoms with E-state index in [2.05, 4.69) is 35.2 Å². The van der Waals surface area contributed by atoms with E-state index in [1.54, 1.807) is 20.3 Å². The molecule has 0 atom stereocenters. The molecule has 0 aliphatic rings. The lowest BCUT2D eigenvalue weighted by molar-refractivity contribution is 0.363. The van der Waals surface area contributed by atoms with Crippen LogP contribution in [-0.4, -0.2) is 30.4 Å². The highest BCUT2D eigenvalue weighted by molar-refractivity contribution is 5.83. The molecule has 2 aromatic carbocycles. The summed E-state index contributed by atoms with van der Waals surface area (Å²) in [6.45, 7) is 7.20. The predicted molar refractivity (Wildman–Crippen MR) is 122 cm³/mol. The molecule has 0 unspecified atom stereocenters. The minimum Gasteiger partial charge on any atom is -0.497 e. The van der Waals surface area contributed by atoms with Crippen molar-refractivity contribution in [1.82, 2.24) is 9.55 Å². The van der Waals surface area contributed by atoms with E-state index >= 15 is 0 Å². The summed E-state index contributed by atoms with van der Waals surface area (Å²) in [7, 11) is 3.32. The molecule has 0 aliphatic carbocycles. The quantitative estimate of drug-likeness (QED) is 0.321. The van der Waals surface area contributed by atoms with E-state index in [4.69, 9.17) is 14.2 Å². The van der Waals surface area contributed by atoms with Crippen LogP contribution < -0.4 is 14.2 Å². The summed E-state index contributed by atoms with van der Waals surface area (Å²) in [5, 5.41) is 0. The van der Waals surface area contributed by atoms with Gasteiger partial charge in [0.25, 0.3) is 0 Å². The molecule has 0 fully saturated rings. The van der Waals surface area contributed by atoms with Gasteiger partial charge in [-0.2, -0.15) is 0 Å². The van der Waals surface area contributed by atoms with E-state index < -0.39 is 0 Å². The van der Waals surface area contributed by atoms with Crippen molar-refractivity contribution in [2.45, 2.75) is 19.9 Å². The Bertz CT molecular complexity index is 1000. The van der Waals surface area contributed by atoms with Crippen molar-refractivity contribution in [3.63, 3.8) is 0 Å². The third-order valence-corrected chi connectivity index (χ3v) is 4.67. The van der Waals surface area contributed by atoms with E-state index in [-0.39, 0.29) is 0 Å². The molecule has 0 spiro atoms. The number of aromatic nitrogens is 2. The maximum absolute atomic E-state index is 5.70. The number of imidazole rings is 1. The highest BCUT2D eigenvalue weighted by Gasteiger charge is 2.17. The van der Waals surface area contributed by atoms with E-state index in [0.717, 1.165) is 52.7 Å². The number of benzene rings is 2. The number of rotatable bonds is 10. The zero-order valence-corrected chi connectivity index (χ0v) is 17.8. The minimum absolute atomic E-state index is 0.493. The third kappa shape index (κ3) is 4.92. The van der Waals surface area contributed by atoms with Crippen molar-refractivity contribution < 1.29 is 14.2 Å². The van der Waals surface area contributed by atoms with Crippen LogP contribution in [0.15, 0.2) is 61.4 Å². The first-order chi connectivity index (χ1) is 14.7. The molecule has 0 aliphatic heterocycles. The van der Waals surface area contributed by atoms with Gasteiger partial charge in [-0.15, -0.1) is 0 Å². The van der Waals surface area contributed by atoms with Crippen LogP contribution in [0.3, 0.4) is 0 Å². The van der Waals surface area contributed by atoms with E-state index in [9.17, 15) is 0 Å². The summed E-state index contributed by atoms with van der Waals surface area (Å²) in [5.74, 6) is 3.16. The Hall–Kier alpha value is -3.47. The predicted octanol–water partition coefficient (Wildman–Crippen LogP) is 5.71. The molecule has 0 radical (unpaired) electrons. The van der Waals surface area contributed by atoms with E-state index in [0.29, 0.717) is 6.61 Å². The largest absolute Gasteiger partial charge is 0.497 e. The first-order valence-corrected chi connectivity index (χ1v) is 9.99. The second kappa shape index (κ2) is 10.3. The number of hydrogen-bond donors (Lipinski definition) is 0. The molecule has 1 heterocycles. The molecule has 3 rings (SSSR count).